The molecule has 0 heterocycles. The predicted octanol–water partition coefficient (Wildman–Crippen LogP) is 5.59. The molecule has 0 aliphatic rings. The van der Waals surface area contributed by atoms with Crippen LogP contribution < -0.4 is 0 Å². The largest absolute Gasteiger partial charge is 0.460 e. The average molecular weight is 473 g/mol. The van der Waals surface area contributed by atoms with Crippen LogP contribution in [0.3, 0.4) is 0 Å². The van der Waals surface area contributed by atoms with Crippen molar-refractivity contribution in [2.24, 2.45) is 0 Å². The lowest BCUT2D eigenvalue weighted by molar-refractivity contribution is -0.440. The van der Waals surface area contributed by atoms with Gasteiger partial charge in [0.25, 0.3) is 0 Å². The molecule has 0 saturated heterocycles. The first-order chi connectivity index (χ1) is 11.6. The van der Waals surface area contributed by atoms with Gasteiger partial charge in [0.2, 0.25) is 0 Å². The summed E-state index contributed by atoms with van der Waals surface area (Å²) in [6.07, 6.45) is -9.88. The van der Waals surface area contributed by atoms with E-state index in [4.69, 9.17) is 11.1 Å². The van der Waals surface area contributed by atoms with Gasteiger partial charge in [-0.05, 0) is 0 Å². The van der Waals surface area contributed by atoms with Gasteiger partial charge in [-0.25, -0.2) is 0 Å². The summed E-state index contributed by atoms with van der Waals surface area (Å²) in [4.78, 5) is 0. The minimum absolute atomic E-state index is 0.742. The first-order valence-electron chi connectivity index (χ1n) is 6.33. The molecular formula is C10H10ClF13O2Si. The fraction of sp³-hybridized carbons (Fsp3) is 1.00. The van der Waals surface area contributed by atoms with Gasteiger partial charge in [-0.1, -0.05) is 11.1 Å². The van der Waals surface area contributed by atoms with E-state index in [0.717, 1.165) is 14.2 Å². The molecular weight excluding hydrogens is 463 g/mol. The molecule has 2 nitrogen and oxygen atoms in total. The number of halogens is 14. The number of hydrogen-bond donors (Lipinski definition) is 0. The molecule has 0 rings (SSSR count). The molecule has 0 aromatic heterocycles. The SMILES string of the molecule is CO[Si](Cl)(CCC(F)(F)C(F)(F)C(F)(F)C(F)(F)C(F)(F)C(F)(F)F)OC. The zero-order valence-electron chi connectivity index (χ0n) is 13.0. The van der Waals surface area contributed by atoms with Crippen molar-refractivity contribution < 1.29 is 65.9 Å². The Labute approximate surface area is 148 Å². The van der Waals surface area contributed by atoms with E-state index in [9.17, 15) is 57.1 Å². The van der Waals surface area contributed by atoms with Crippen molar-refractivity contribution in [2.75, 3.05) is 14.2 Å². The van der Waals surface area contributed by atoms with Gasteiger partial charge in [0, 0.05) is 26.7 Å². The maximum absolute atomic E-state index is 13.5. The third-order valence-electron chi connectivity index (χ3n) is 3.35. The zero-order chi connectivity index (χ0) is 22.3. The number of rotatable bonds is 9. The van der Waals surface area contributed by atoms with Gasteiger partial charge in [-0.2, -0.15) is 57.1 Å². The fourth-order valence-electron chi connectivity index (χ4n) is 1.55. The van der Waals surface area contributed by atoms with Gasteiger partial charge in [0.1, 0.15) is 0 Å². The molecule has 0 radical (unpaired) electrons. The average Bonchev–Trinajstić information content (AvgIpc) is 2.50. The molecule has 0 fully saturated rings. The van der Waals surface area contributed by atoms with E-state index in [0.29, 0.717) is 0 Å². The third kappa shape index (κ3) is 4.27. The van der Waals surface area contributed by atoms with Crippen LogP contribution in [0, 0.1) is 0 Å². The maximum atomic E-state index is 13.5. The minimum atomic E-state index is -7.91. The van der Waals surface area contributed by atoms with Crippen LogP contribution in [0.1, 0.15) is 6.42 Å². The molecule has 0 N–H and O–H groups in total. The Balaban J connectivity index is 6.01. The van der Waals surface area contributed by atoms with E-state index in [2.05, 4.69) is 8.85 Å². The highest BCUT2D eigenvalue weighted by Gasteiger charge is 2.90. The van der Waals surface area contributed by atoms with Gasteiger partial charge in [0.15, 0.2) is 0 Å². The van der Waals surface area contributed by atoms with E-state index in [1.807, 2.05) is 0 Å². The van der Waals surface area contributed by atoms with Crippen LogP contribution in [0.2, 0.25) is 6.04 Å². The summed E-state index contributed by atoms with van der Waals surface area (Å²) in [5.74, 6) is -37.0. The molecule has 0 amide bonds. The second-order valence-corrected chi connectivity index (χ2v) is 9.43. The smallest absolute Gasteiger partial charge is 0.386 e. The molecule has 0 atom stereocenters. The van der Waals surface area contributed by atoms with Gasteiger partial charge in [0.05, 0.1) is 0 Å². The van der Waals surface area contributed by atoms with Crippen molar-refractivity contribution in [1.29, 1.82) is 0 Å². The summed E-state index contributed by atoms with van der Waals surface area (Å²) < 4.78 is 176. The molecule has 0 aromatic rings. The minimum Gasteiger partial charge on any atom is -0.386 e. The van der Waals surface area contributed by atoms with Crippen LogP contribution in [0.15, 0.2) is 0 Å². The number of alkyl halides is 13. The normalized spacial score (nSPS) is 16.0. The van der Waals surface area contributed by atoms with Crippen LogP contribution in [-0.4, -0.2) is 57.9 Å². The quantitative estimate of drug-likeness (QED) is 0.248. The molecule has 0 saturated carbocycles. The van der Waals surface area contributed by atoms with Crippen LogP contribution in [-0.2, 0) is 8.85 Å². The summed E-state index contributed by atoms with van der Waals surface area (Å²) in [5, 5.41) is 0. The van der Waals surface area contributed by atoms with E-state index >= 15 is 0 Å². The molecule has 0 aromatic carbocycles. The Hall–Kier alpha value is -0.483. The van der Waals surface area contributed by atoms with Crippen LogP contribution in [0.5, 0.6) is 0 Å². The lowest BCUT2D eigenvalue weighted by Crippen LogP contribution is -2.70. The maximum Gasteiger partial charge on any atom is 0.460 e. The molecule has 0 aliphatic carbocycles. The first kappa shape index (κ1) is 26.5. The predicted molar refractivity (Wildman–Crippen MR) is 65.8 cm³/mol. The molecule has 0 bridgehead atoms. The zero-order valence-corrected chi connectivity index (χ0v) is 14.8. The van der Waals surface area contributed by atoms with Crippen LogP contribution in [0.25, 0.3) is 0 Å². The van der Waals surface area contributed by atoms with Gasteiger partial charge >= 0.3 is 43.7 Å². The molecule has 0 aliphatic heterocycles. The summed E-state index contributed by atoms with van der Waals surface area (Å²) in [7, 11) is -2.68. The lowest BCUT2D eigenvalue weighted by atomic mass is 9.93. The lowest BCUT2D eigenvalue weighted by Gasteiger charge is -2.40. The van der Waals surface area contributed by atoms with E-state index in [1.54, 1.807) is 0 Å². The molecule has 0 spiro atoms. The van der Waals surface area contributed by atoms with Crippen molar-refractivity contribution in [1.82, 2.24) is 0 Å². The van der Waals surface area contributed by atoms with Gasteiger partial charge < -0.3 is 8.85 Å². The van der Waals surface area contributed by atoms with E-state index < -0.39 is 56.1 Å². The fourth-order valence-corrected chi connectivity index (χ4v) is 3.02. The monoisotopic (exact) mass is 472 g/mol. The van der Waals surface area contributed by atoms with Crippen molar-refractivity contribution in [3.8, 4) is 0 Å². The van der Waals surface area contributed by atoms with Crippen molar-refractivity contribution >= 4 is 18.9 Å². The molecule has 17 heteroatoms. The van der Waals surface area contributed by atoms with Crippen LogP contribution in [0.4, 0.5) is 57.1 Å². The Morgan fingerprint density at radius 3 is 1.26 bits per heavy atom. The standard InChI is InChI=1S/C10H10ClF13O2Si/c1-25-27(11,26-2)4-3-5(12,13)6(14,15)7(16,17)8(18,19)9(20,21)10(22,23)24/h3-4H2,1-2H3. The van der Waals surface area contributed by atoms with Crippen molar-refractivity contribution in [3.63, 3.8) is 0 Å². The molecule has 0 unspecified atom stereocenters. The molecule has 27 heavy (non-hydrogen) atoms. The van der Waals surface area contributed by atoms with E-state index in [-0.39, 0.29) is 0 Å². The topological polar surface area (TPSA) is 18.5 Å². The van der Waals surface area contributed by atoms with Crippen LogP contribution >= 0.6 is 11.1 Å². The van der Waals surface area contributed by atoms with E-state index in [1.165, 1.54) is 0 Å². The Morgan fingerprint density at radius 2 is 0.963 bits per heavy atom. The summed E-state index contributed by atoms with van der Waals surface area (Å²) >= 11 is 5.41. The highest BCUT2D eigenvalue weighted by Crippen LogP contribution is 2.60. The molecule has 164 valence electrons. The summed E-state index contributed by atoms with van der Waals surface area (Å²) in [6.45, 7) is 0. The summed E-state index contributed by atoms with van der Waals surface area (Å²) in [6, 6.07) is -1.43. The van der Waals surface area contributed by atoms with Crippen molar-refractivity contribution in [3.05, 3.63) is 0 Å². The highest BCUT2D eigenvalue weighted by molar-refractivity contribution is 7.12. The van der Waals surface area contributed by atoms with Crippen molar-refractivity contribution in [2.45, 2.75) is 48.3 Å². The second-order valence-electron chi connectivity index (χ2n) is 5.07. The first-order valence-corrected chi connectivity index (χ1v) is 9.36. The Kier molecular flexibility index (Phi) is 7.27. The van der Waals surface area contributed by atoms with Gasteiger partial charge in [-0.3, -0.25) is 0 Å². The summed E-state index contributed by atoms with van der Waals surface area (Å²) in [5.41, 5.74) is 0. The van der Waals surface area contributed by atoms with Gasteiger partial charge in [-0.15, -0.1) is 0 Å². The second kappa shape index (κ2) is 7.40. The number of hydrogen-bond acceptors (Lipinski definition) is 2. The Bertz CT molecular complexity index is 518. The Morgan fingerprint density at radius 1 is 0.630 bits per heavy atom. The highest BCUT2D eigenvalue weighted by atomic mass is 35.6. The third-order valence-corrected chi connectivity index (χ3v) is 6.90.